The fraction of sp³-hybridized carbons (Fsp3) is 0.571. The van der Waals surface area contributed by atoms with Crippen molar-refractivity contribution in [3.63, 3.8) is 0 Å². The van der Waals surface area contributed by atoms with E-state index in [1.807, 2.05) is 0 Å². The zero-order chi connectivity index (χ0) is 10.1. The lowest BCUT2D eigenvalue weighted by Crippen LogP contribution is -2.22. The molecule has 1 aromatic rings. The average molecular weight is 202 g/mol. The predicted octanol–water partition coefficient (Wildman–Crippen LogP) is 3.85. The number of ether oxygens (including phenoxy) is 1. The Hall–Kier alpha value is -0.820. The monoisotopic (exact) mass is 202 g/mol. The van der Waals surface area contributed by atoms with Crippen molar-refractivity contribution in [2.24, 2.45) is 0 Å². The number of hydrogen-bond acceptors (Lipinski definition) is 1. The predicted molar refractivity (Wildman–Crippen MR) is 60.7 cm³/mol. The van der Waals surface area contributed by atoms with Crippen LogP contribution >= 0.6 is 0 Å². The van der Waals surface area contributed by atoms with Gasteiger partial charge in [-0.15, -0.1) is 0 Å². The molecule has 1 heterocycles. The van der Waals surface area contributed by atoms with E-state index in [0.29, 0.717) is 6.10 Å². The molecule has 0 radical (unpaired) electrons. The van der Waals surface area contributed by atoms with Gasteiger partial charge in [-0.25, -0.2) is 0 Å². The van der Waals surface area contributed by atoms with Crippen LogP contribution in [0.5, 0.6) is 0 Å². The normalized spacial score (nSPS) is 28.7. The highest BCUT2D eigenvalue weighted by molar-refractivity contribution is 5.19. The minimum absolute atomic E-state index is 0.264. The maximum Gasteiger partial charge on any atom is 0.0833 e. The molecule has 2 aliphatic rings. The van der Waals surface area contributed by atoms with Gasteiger partial charge >= 0.3 is 0 Å². The van der Waals surface area contributed by atoms with Gasteiger partial charge < -0.3 is 4.74 Å². The quantitative estimate of drug-likeness (QED) is 0.672. The van der Waals surface area contributed by atoms with Crippen molar-refractivity contribution in [1.82, 2.24) is 0 Å². The molecular formula is C14H18O. The second-order valence-corrected chi connectivity index (χ2v) is 4.95. The molecule has 15 heavy (non-hydrogen) atoms. The van der Waals surface area contributed by atoms with Crippen LogP contribution < -0.4 is 0 Å². The molecule has 0 aromatic heterocycles. The molecular weight excluding hydrogens is 184 g/mol. The molecule has 1 aliphatic carbocycles. The van der Waals surface area contributed by atoms with E-state index in [9.17, 15) is 0 Å². The van der Waals surface area contributed by atoms with E-state index in [2.05, 4.69) is 30.3 Å². The fourth-order valence-corrected chi connectivity index (χ4v) is 3.10. The molecule has 0 N–H and O–H groups in total. The first-order valence-electron chi connectivity index (χ1n) is 6.11. The van der Waals surface area contributed by atoms with E-state index in [1.54, 1.807) is 0 Å². The highest BCUT2D eigenvalue weighted by atomic mass is 16.5. The SMILES string of the molecule is c1ccc(C2CCC3(CCCC3)O2)cc1. The Balaban J connectivity index is 1.76. The molecule has 1 nitrogen and oxygen atoms in total. The summed E-state index contributed by atoms with van der Waals surface area (Å²) in [5.74, 6) is 0. The maximum atomic E-state index is 6.30. The fourth-order valence-electron chi connectivity index (χ4n) is 3.10. The van der Waals surface area contributed by atoms with E-state index in [1.165, 1.54) is 44.1 Å². The third-order valence-corrected chi connectivity index (χ3v) is 3.94. The highest BCUT2D eigenvalue weighted by Gasteiger charge is 2.42. The number of rotatable bonds is 1. The van der Waals surface area contributed by atoms with E-state index < -0.39 is 0 Å². The van der Waals surface area contributed by atoms with Gasteiger partial charge in [0.1, 0.15) is 0 Å². The van der Waals surface area contributed by atoms with Crippen LogP contribution in [-0.2, 0) is 4.74 Å². The topological polar surface area (TPSA) is 9.23 Å². The summed E-state index contributed by atoms with van der Waals surface area (Å²) >= 11 is 0. The molecule has 1 saturated heterocycles. The van der Waals surface area contributed by atoms with Gasteiger partial charge in [0.15, 0.2) is 0 Å². The first-order chi connectivity index (χ1) is 7.38. The number of hydrogen-bond donors (Lipinski definition) is 0. The summed E-state index contributed by atoms with van der Waals surface area (Å²) in [6.45, 7) is 0. The standard InChI is InChI=1S/C14H18O/c1-2-6-12(7-3-1)13-8-11-14(15-13)9-4-5-10-14/h1-3,6-7,13H,4-5,8-11H2. The van der Waals surface area contributed by atoms with Crippen LogP contribution in [0.25, 0.3) is 0 Å². The Kier molecular flexibility index (Phi) is 2.28. The molecule has 0 amide bonds. The molecule has 2 fully saturated rings. The van der Waals surface area contributed by atoms with Crippen molar-refractivity contribution in [3.8, 4) is 0 Å². The summed E-state index contributed by atoms with van der Waals surface area (Å²) in [5, 5.41) is 0. The minimum atomic E-state index is 0.264. The molecule has 1 heteroatoms. The van der Waals surface area contributed by atoms with Crippen LogP contribution in [0.1, 0.15) is 50.2 Å². The van der Waals surface area contributed by atoms with Crippen LogP contribution in [0, 0.1) is 0 Å². The van der Waals surface area contributed by atoms with Crippen molar-refractivity contribution in [1.29, 1.82) is 0 Å². The zero-order valence-electron chi connectivity index (χ0n) is 9.11. The third-order valence-electron chi connectivity index (χ3n) is 3.94. The second-order valence-electron chi connectivity index (χ2n) is 4.95. The van der Waals surface area contributed by atoms with Gasteiger partial charge in [-0.05, 0) is 31.2 Å². The summed E-state index contributed by atoms with van der Waals surface area (Å²) < 4.78 is 6.30. The summed E-state index contributed by atoms with van der Waals surface area (Å²) in [6, 6.07) is 10.7. The molecule has 1 atom stereocenters. The molecule has 0 bridgehead atoms. The van der Waals surface area contributed by atoms with Gasteiger partial charge in [0.2, 0.25) is 0 Å². The van der Waals surface area contributed by atoms with Crippen molar-refractivity contribution >= 4 is 0 Å². The Morgan fingerprint density at radius 2 is 1.73 bits per heavy atom. The Morgan fingerprint density at radius 3 is 2.47 bits per heavy atom. The molecule has 3 rings (SSSR count). The first kappa shape index (κ1) is 9.41. The Labute approximate surface area is 91.5 Å². The molecule has 80 valence electrons. The average Bonchev–Trinajstić information content (AvgIpc) is 2.91. The largest absolute Gasteiger partial charge is 0.367 e. The van der Waals surface area contributed by atoms with Crippen LogP contribution in [0.2, 0.25) is 0 Å². The summed E-state index contributed by atoms with van der Waals surface area (Å²) in [4.78, 5) is 0. The van der Waals surface area contributed by atoms with Gasteiger partial charge in [0.05, 0.1) is 11.7 Å². The second kappa shape index (κ2) is 3.64. The van der Waals surface area contributed by atoms with E-state index in [0.717, 1.165) is 0 Å². The van der Waals surface area contributed by atoms with Crippen LogP contribution in [0.4, 0.5) is 0 Å². The van der Waals surface area contributed by atoms with E-state index in [-0.39, 0.29) is 5.60 Å². The molecule has 1 aromatic carbocycles. The summed E-state index contributed by atoms with van der Waals surface area (Å²) in [6.07, 6.45) is 8.15. The van der Waals surface area contributed by atoms with Gasteiger partial charge in [-0.2, -0.15) is 0 Å². The first-order valence-corrected chi connectivity index (χ1v) is 6.11. The number of benzene rings is 1. The molecule has 1 saturated carbocycles. The lowest BCUT2D eigenvalue weighted by Gasteiger charge is -2.23. The van der Waals surface area contributed by atoms with Crippen LogP contribution in [0.3, 0.4) is 0 Å². The van der Waals surface area contributed by atoms with E-state index in [4.69, 9.17) is 4.74 Å². The van der Waals surface area contributed by atoms with Gasteiger partial charge in [0, 0.05) is 0 Å². The molecule has 1 spiro atoms. The van der Waals surface area contributed by atoms with Crippen LogP contribution in [-0.4, -0.2) is 5.60 Å². The van der Waals surface area contributed by atoms with Crippen molar-refractivity contribution in [2.75, 3.05) is 0 Å². The van der Waals surface area contributed by atoms with E-state index >= 15 is 0 Å². The van der Waals surface area contributed by atoms with Gasteiger partial charge in [0.25, 0.3) is 0 Å². The minimum Gasteiger partial charge on any atom is -0.367 e. The summed E-state index contributed by atoms with van der Waals surface area (Å²) in [7, 11) is 0. The van der Waals surface area contributed by atoms with Gasteiger partial charge in [-0.1, -0.05) is 43.2 Å². The maximum absolute atomic E-state index is 6.30. The molecule has 1 unspecified atom stereocenters. The van der Waals surface area contributed by atoms with Crippen molar-refractivity contribution in [3.05, 3.63) is 35.9 Å². The zero-order valence-corrected chi connectivity index (χ0v) is 9.11. The Morgan fingerprint density at radius 1 is 1.00 bits per heavy atom. The summed E-state index contributed by atoms with van der Waals surface area (Å²) in [5.41, 5.74) is 1.63. The lowest BCUT2D eigenvalue weighted by atomic mass is 9.97. The van der Waals surface area contributed by atoms with Crippen molar-refractivity contribution < 1.29 is 4.74 Å². The smallest absolute Gasteiger partial charge is 0.0833 e. The van der Waals surface area contributed by atoms with Gasteiger partial charge in [-0.3, -0.25) is 0 Å². The lowest BCUT2D eigenvalue weighted by molar-refractivity contribution is -0.0374. The molecule has 1 aliphatic heterocycles. The Bertz CT molecular complexity index is 324. The van der Waals surface area contributed by atoms with Crippen LogP contribution in [0.15, 0.2) is 30.3 Å². The van der Waals surface area contributed by atoms with Crippen molar-refractivity contribution in [2.45, 2.75) is 50.2 Å². The highest BCUT2D eigenvalue weighted by Crippen LogP contribution is 2.48. The third kappa shape index (κ3) is 1.69.